The van der Waals surface area contributed by atoms with Gasteiger partial charge in [-0.2, -0.15) is 0 Å². The topological polar surface area (TPSA) is 82.9 Å². The van der Waals surface area contributed by atoms with Gasteiger partial charge in [-0.3, -0.25) is 9.59 Å². The molecular weight excluding hydrogens is 639 g/mol. The van der Waals surface area contributed by atoms with Crippen molar-refractivity contribution in [1.29, 1.82) is 0 Å². The molecule has 0 spiro atoms. The zero-order chi connectivity index (χ0) is 33.0. The molecule has 1 aliphatic heterocycles. The van der Waals surface area contributed by atoms with Gasteiger partial charge in [0, 0.05) is 54.8 Å². The van der Waals surface area contributed by atoms with Crippen LogP contribution < -0.4 is 10.6 Å². The molecule has 1 aliphatic rings. The van der Waals surface area contributed by atoms with E-state index in [1.165, 1.54) is 0 Å². The molecule has 2 N–H and O–H groups in total. The Labute approximate surface area is 287 Å². The fourth-order valence-corrected chi connectivity index (χ4v) is 5.66. The van der Waals surface area contributed by atoms with Crippen molar-refractivity contribution in [2.24, 2.45) is 9.98 Å². The van der Waals surface area contributed by atoms with E-state index in [0.717, 1.165) is 22.3 Å². The molecule has 0 saturated heterocycles. The van der Waals surface area contributed by atoms with Gasteiger partial charge in [0.2, 0.25) is 0 Å². The summed E-state index contributed by atoms with van der Waals surface area (Å²) < 4.78 is 0. The second kappa shape index (κ2) is 13.5. The molecule has 6 nitrogen and oxygen atoms in total. The number of hydrogen-bond donors (Lipinski definition) is 2. The van der Waals surface area contributed by atoms with Crippen LogP contribution in [0.1, 0.15) is 43.0 Å². The highest BCUT2D eigenvalue weighted by atomic mass is 35.5. The number of aliphatic imine (C=N–C) groups is 2. The molecule has 6 aromatic rings. The second-order valence-electron chi connectivity index (χ2n) is 11.0. The fourth-order valence-electron chi connectivity index (χ4n) is 5.40. The average Bonchev–Trinajstić information content (AvgIpc) is 3.11. The molecule has 232 valence electrons. The van der Waals surface area contributed by atoms with Crippen molar-refractivity contribution >= 4 is 69.2 Å². The number of nitrogens with one attached hydrogen (secondary N) is 2. The van der Waals surface area contributed by atoms with Gasteiger partial charge in [0.15, 0.2) is 0 Å². The standard InChI is InChI=1S/C40H26Cl2N4O2/c41-29-15-11-27(12-16-29)39(47)43-31-19-21-35-33(23-31)37(25-7-3-1-4-8-25)45-36-22-20-32(44-40(48)28-13-17-30(42)18-14-28)24-34(36)38(46-35)26-9-5-2-6-10-26/h1-24H,(H,43,47)(H,44,48). The van der Waals surface area contributed by atoms with Crippen LogP contribution in [0, 0.1) is 0 Å². The number of carbonyl (C=O) groups is 2. The molecule has 8 heteroatoms. The third-order valence-electron chi connectivity index (χ3n) is 7.79. The van der Waals surface area contributed by atoms with Gasteiger partial charge in [0.05, 0.1) is 22.8 Å². The van der Waals surface area contributed by atoms with Crippen molar-refractivity contribution in [2.75, 3.05) is 10.6 Å². The Kier molecular flexibility index (Phi) is 8.67. The first-order valence-corrected chi connectivity index (χ1v) is 15.9. The minimum atomic E-state index is -0.261. The summed E-state index contributed by atoms with van der Waals surface area (Å²) in [6, 6.07) is 44.4. The first kappa shape index (κ1) is 30.8. The lowest BCUT2D eigenvalue weighted by Gasteiger charge is -2.20. The molecule has 0 bridgehead atoms. The quantitative estimate of drug-likeness (QED) is 0.185. The molecule has 0 saturated carbocycles. The molecule has 2 amide bonds. The molecule has 1 heterocycles. The number of carbonyl (C=O) groups excluding carboxylic acids is 2. The molecule has 7 rings (SSSR count). The zero-order valence-corrected chi connectivity index (χ0v) is 26.8. The van der Waals surface area contributed by atoms with Gasteiger partial charge in [-0.1, -0.05) is 83.9 Å². The molecule has 0 fully saturated rings. The Morgan fingerprint density at radius 3 is 1.21 bits per heavy atom. The Bertz CT molecular complexity index is 2050. The third-order valence-corrected chi connectivity index (χ3v) is 8.29. The Morgan fingerprint density at radius 2 is 0.833 bits per heavy atom. The van der Waals surface area contributed by atoms with Crippen molar-refractivity contribution in [2.45, 2.75) is 0 Å². The number of benzene rings is 6. The van der Waals surface area contributed by atoms with Crippen LogP contribution in [-0.4, -0.2) is 23.2 Å². The van der Waals surface area contributed by atoms with Crippen LogP contribution in [0.25, 0.3) is 0 Å². The second-order valence-corrected chi connectivity index (χ2v) is 11.9. The summed E-state index contributed by atoms with van der Waals surface area (Å²) in [5.41, 5.74) is 8.11. The average molecular weight is 666 g/mol. The highest BCUT2D eigenvalue weighted by molar-refractivity contribution is 6.31. The van der Waals surface area contributed by atoms with E-state index >= 15 is 0 Å². The van der Waals surface area contributed by atoms with Gasteiger partial charge in [-0.25, -0.2) is 9.98 Å². The lowest BCUT2D eigenvalue weighted by Crippen LogP contribution is -2.15. The van der Waals surface area contributed by atoms with Crippen LogP contribution >= 0.6 is 23.2 Å². The first-order valence-electron chi connectivity index (χ1n) is 15.1. The van der Waals surface area contributed by atoms with Gasteiger partial charge in [-0.05, 0) is 84.9 Å². The number of nitrogens with zero attached hydrogens (tertiary/aromatic N) is 2. The van der Waals surface area contributed by atoms with Crippen molar-refractivity contribution in [3.63, 3.8) is 0 Å². The fraction of sp³-hybridized carbons (Fsp3) is 0. The maximum absolute atomic E-state index is 13.1. The van der Waals surface area contributed by atoms with E-state index < -0.39 is 0 Å². The number of hydrogen-bond acceptors (Lipinski definition) is 4. The van der Waals surface area contributed by atoms with Crippen LogP contribution in [0.5, 0.6) is 0 Å². The van der Waals surface area contributed by atoms with Crippen LogP contribution in [-0.2, 0) is 0 Å². The molecule has 6 aromatic carbocycles. The van der Waals surface area contributed by atoms with Crippen LogP contribution in [0.2, 0.25) is 10.0 Å². The van der Waals surface area contributed by atoms with Crippen LogP contribution in [0.15, 0.2) is 156 Å². The summed E-state index contributed by atoms with van der Waals surface area (Å²) in [4.78, 5) is 36.8. The number of amides is 2. The van der Waals surface area contributed by atoms with E-state index in [-0.39, 0.29) is 11.8 Å². The van der Waals surface area contributed by atoms with Gasteiger partial charge < -0.3 is 10.6 Å². The normalized spacial score (nSPS) is 12.0. The highest BCUT2D eigenvalue weighted by Gasteiger charge is 2.22. The maximum atomic E-state index is 13.1. The van der Waals surface area contributed by atoms with E-state index in [2.05, 4.69) is 10.6 Å². The minimum Gasteiger partial charge on any atom is -0.322 e. The van der Waals surface area contributed by atoms with Gasteiger partial charge in [-0.15, -0.1) is 0 Å². The van der Waals surface area contributed by atoms with E-state index in [1.807, 2.05) is 97.1 Å². The van der Waals surface area contributed by atoms with Gasteiger partial charge in [0.25, 0.3) is 11.8 Å². The zero-order valence-electron chi connectivity index (χ0n) is 25.3. The molecule has 0 atom stereocenters. The number of halogens is 2. The van der Waals surface area contributed by atoms with Crippen LogP contribution in [0.3, 0.4) is 0 Å². The van der Waals surface area contributed by atoms with E-state index in [4.69, 9.17) is 33.2 Å². The van der Waals surface area contributed by atoms with Gasteiger partial charge >= 0.3 is 0 Å². The van der Waals surface area contributed by atoms with Crippen LogP contribution in [0.4, 0.5) is 22.7 Å². The summed E-state index contributed by atoms with van der Waals surface area (Å²) in [7, 11) is 0. The maximum Gasteiger partial charge on any atom is 0.255 e. The van der Waals surface area contributed by atoms with E-state index in [9.17, 15) is 9.59 Å². The smallest absolute Gasteiger partial charge is 0.255 e. The Balaban J connectivity index is 1.36. The SMILES string of the molecule is O=C(Nc1ccc2c(c1)C(c1ccccc1)=Nc1ccc(NC(=O)c3ccc(Cl)cc3)cc1C(c1ccccc1)=N2)c1ccc(Cl)cc1. The molecule has 0 aliphatic carbocycles. The van der Waals surface area contributed by atoms with Crippen molar-refractivity contribution < 1.29 is 9.59 Å². The monoisotopic (exact) mass is 664 g/mol. The lowest BCUT2D eigenvalue weighted by molar-refractivity contribution is 0.101. The molecule has 0 aromatic heterocycles. The largest absolute Gasteiger partial charge is 0.322 e. The predicted octanol–water partition coefficient (Wildman–Crippen LogP) is 10.1. The van der Waals surface area contributed by atoms with E-state index in [1.54, 1.807) is 48.5 Å². The summed E-state index contributed by atoms with van der Waals surface area (Å²) in [6.07, 6.45) is 0. The highest BCUT2D eigenvalue weighted by Crippen LogP contribution is 2.36. The molecule has 0 radical (unpaired) electrons. The predicted molar refractivity (Wildman–Crippen MR) is 195 cm³/mol. The summed E-state index contributed by atoms with van der Waals surface area (Å²) >= 11 is 12.1. The minimum absolute atomic E-state index is 0.261. The van der Waals surface area contributed by atoms with E-state index in [0.29, 0.717) is 55.3 Å². The summed E-state index contributed by atoms with van der Waals surface area (Å²) in [5, 5.41) is 7.12. The van der Waals surface area contributed by atoms with Gasteiger partial charge in [0.1, 0.15) is 0 Å². The Morgan fingerprint density at radius 1 is 0.458 bits per heavy atom. The Hall–Kier alpha value is -5.82. The molecule has 48 heavy (non-hydrogen) atoms. The first-order chi connectivity index (χ1) is 23.4. The summed E-state index contributed by atoms with van der Waals surface area (Å²) in [5.74, 6) is -0.523. The number of fused-ring (bicyclic) bond motifs is 2. The van der Waals surface area contributed by atoms with Crippen molar-refractivity contribution in [1.82, 2.24) is 0 Å². The van der Waals surface area contributed by atoms with Crippen molar-refractivity contribution in [3.8, 4) is 0 Å². The molecule has 0 unspecified atom stereocenters. The number of anilines is 2. The number of rotatable bonds is 6. The van der Waals surface area contributed by atoms with Crippen molar-refractivity contribution in [3.05, 3.63) is 189 Å². The third kappa shape index (κ3) is 6.67. The summed E-state index contributed by atoms with van der Waals surface area (Å²) in [6.45, 7) is 0. The lowest BCUT2D eigenvalue weighted by atomic mass is 9.95. The molecular formula is C40H26Cl2N4O2.